The van der Waals surface area contributed by atoms with E-state index < -0.39 is 12.2 Å². The Kier molecular flexibility index (Phi) is 2.99. The molecule has 0 bridgehead atoms. The SMILES string of the molecule is CC1CC2C(=O)N(CC(C)(O)CO)C(=O)C2C1. The normalized spacial score (nSPS) is 36.2. The van der Waals surface area contributed by atoms with Crippen molar-refractivity contribution in [1.29, 1.82) is 0 Å². The third kappa shape index (κ3) is 2.09. The zero-order valence-corrected chi connectivity index (χ0v) is 10.2. The van der Waals surface area contributed by atoms with Gasteiger partial charge in [0, 0.05) is 0 Å². The molecule has 0 spiro atoms. The number of aliphatic hydroxyl groups is 2. The number of amides is 2. The maximum absolute atomic E-state index is 12.0. The Bertz CT molecular complexity index is 328. The molecular formula is C12H19NO4. The van der Waals surface area contributed by atoms with Crippen molar-refractivity contribution in [3.63, 3.8) is 0 Å². The van der Waals surface area contributed by atoms with E-state index in [4.69, 9.17) is 5.11 Å². The zero-order chi connectivity index (χ0) is 12.8. The highest BCUT2D eigenvalue weighted by Crippen LogP contribution is 2.43. The van der Waals surface area contributed by atoms with E-state index in [9.17, 15) is 14.7 Å². The second-order valence-corrected chi connectivity index (χ2v) is 5.71. The van der Waals surface area contributed by atoms with E-state index in [2.05, 4.69) is 0 Å². The molecule has 5 heteroatoms. The average Bonchev–Trinajstić information content (AvgIpc) is 2.73. The van der Waals surface area contributed by atoms with Crippen LogP contribution in [0.1, 0.15) is 26.7 Å². The van der Waals surface area contributed by atoms with Crippen LogP contribution < -0.4 is 0 Å². The van der Waals surface area contributed by atoms with Crippen molar-refractivity contribution < 1.29 is 19.8 Å². The van der Waals surface area contributed by atoms with Gasteiger partial charge in [-0.05, 0) is 25.7 Å². The Morgan fingerprint density at radius 1 is 1.29 bits per heavy atom. The van der Waals surface area contributed by atoms with Crippen molar-refractivity contribution in [2.45, 2.75) is 32.3 Å². The van der Waals surface area contributed by atoms with Crippen LogP contribution in [-0.4, -0.2) is 45.7 Å². The molecule has 2 fully saturated rings. The van der Waals surface area contributed by atoms with Crippen LogP contribution in [0.2, 0.25) is 0 Å². The fourth-order valence-corrected chi connectivity index (χ4v) is 2.89. The van der Waals surface area contributed by atoms with Crippen LogP contribution in [-0.2, 0) is 9.59 Å². The molecule has 17 heavy (non-hydrogen) atoms. The summed E-state index contributed by atoms with van der Waals surface area (Å²) in [7, 11) is 0. The van der Waals surface area contributed by atoms with Gasteiger partial charge >= 0.3 is 0 Å². The molecule has 0 radical (unpaired) electrons. The monoisotopic (exact) mass is 241 g/mol. The predicted octanol–water partition coefficient (Wildman–Crippen LogP) is -0.239. The number of imide groups is 1. The van der Waals surface area contributed by atoms with E-state index in [0.29, 0.717) is 5.92 Å². The average molecular weight is 241 g/mol. The Morgan fingerprint density at radius 2 is 1.76 bits per heavy atom. The zero-order valence-electron chi connectivity index (χ0n) is 10.2. The minimum Gasteiger partial charge on any atom is -0.393 e. The van der Waals surface area contributed by atoms with Gasteiger partial charge in [-0.25, -0.2) is 0 Å². The third-order valence-electron chi connectivity index (χ3n) is 3.80. The molecular weight excluding hydrogens is 222 g/mol. The highest BCUT2D eigenvalue weighted by Gasteiger charge is 2.52. The first-order chi connectivity index (χ1) is 7.85. The van der Waals surface area contributed by atoms with Crippen LogP contribution in [0.3, 0.4) is 0 Å². The summed E-state index contributed by atoms with van der Waals surface area (Å²) in [4.78, 5) is 25.2. The lowest BCUT2D eigenvalue weighted by Gasteiger charge is -2.26. The first kappa shape index (κ1) is 12.5. The number of carbonyl (C=O) groups is 2. The number of hydrogen-bond acceptors (Lipinski definition) is 4. The molecule has 3 atom stereocenters. The van der Waals surface area contributed by atoms with Gasteiger partial charge in [0.1, 0.15) is 5.60 Å². The molecule has 5 nitrogen and oxygen atoms in total. The van der Waals surface area contributed by atoms with Gasteiger partial charge in [-0.1, -0.05) is 6.92 Å². The van der Waals surface area contributed by atoms with Gasteiger partial charge in [-0.2, -0.15) is 0 Å². The number of β-amino-alcohol motifs (C(OH)–C–C–N with tert-alkyl or cyclic N) is 1. The van der Waals surface area contributed by atoms with Gasteiger partial charge in [0.05, 0.1) is 25.0 Å². The molecule has 2 N–H and O–H groups in total. The molecule has 3 unspecified atom stereocenters. The molecule has 0 aromatic heterocycles. The molecule has 96 valence electrons. The molecule has 1 saturated heterocycles. The van der Waals surface area contributed by atoms with Crippen molar-refractivity contribution in [3.05, 3.63) is 0 Å². The number of likely N-dealkylation sites (tertiary alicyclic amines) is 1. The predicted molar refractivity (Wildman–Crippen MR) is 59.8 cm³/mol. The second kappa shape index (κ2) is 4.07. The quantitative estimate of drug-likeness (QED) is 0.669. The van der Waals surface area contributed by atoms with Crippen LogP contribution >= 0.6 is 0 Å². The molecule has 0 aromatic rings. The number of rotatable bonds is 3. The highest BCUT2D eigenvalue weighted by molar-refractivity contribution is 6.05. The summed E-state index contributed by atoms with van der Waals surface area (Å²) in [6.07, 6.45) is 1.51. The summed E-state index contributed by atoms with van der Waals surface area (Å²) < 4.78 is 0. The minimum absolute atomic E-state index is 0.109. The van der Waals surface area contributed by atoms with Crippen LogP contribution in [0.25, 0.3) is 0 Å². The Hall–Kier alpha value is -0.940. The highest BCUT2D eigenvalue weighted by atomic mass is 16.3. The summed E-state index contributed by atoms with van der Waals surface area (Å²) >= 11 is 0. The molecule has 1 aliphatic heterocycles. The van der Waals surface area contributed by atoms with E-state index in [1.54, 1.807) is 0 Å². The summed E-state index contributed by atoms with van der Waals surface area (Å²) in [6, 6.07) is 0. The van der Waals surface area contributed by atoms with Crippen molar-refractivity contribution >= 4 is 11.8 Å². The molecule has 2 aliphatic rings. The van der Waals surface area contributed by atoms with E-state index in [1.807, 2.05) is 6.92 Å². The van der Waals surface area contributed by atoms with Gasteiger partial charge < -0.3 is 10.2 Å². The Balaban J connectivity index is 2.12. The lowest BCUT2D eigenvalue weighted by molar-refractivity contribution is -0.145. The lowest BCUT2D eigenvalue weighted by Crippen LogP contribution is -2.46. The van der Waals surface area contributed by atoms with E-state index in [-0.39, 0.29) is 30.2 Å². The van der Waals surface area contributed by atoms with Gasteiger partial charge in [0.15, 0.2) is 0 Å². The molecule has 1 saturated carbocycles. The summed E-state index contributed by atoms with van der Waals surface area (Å²) in [5.74, 6) is -0.353. The number of aliphatic hydroxyl groups excluding tert-OH is 1. The summed E-state index contributed by atoms with van der Waals surface area (Å²) in [5.41, 5.74) is -1.41. The maximum atomic E-state index is 12.0. The summed E-state index contributed by atoms with van der Waals surface area (Å²) in [5, 5.41) is 18.7. The van der Waals surface area contributed by atoms with Crippen LogP contribution in [0.4, 0.5) is 0 Å². The lowest BCUT2D eigenvalue weighted by atomic mass is 10.00. The number of fused-ring (bicyclic) bond motifs is 1. The van der Waals surface area contributed by atoms with Crippen LogP contribution in [0.5, 0.6) is 0 Å². The number of nitrogens with zero attached hydrogens (tertiary/aromatic N) is 1. The smallest absolute Gasteiger partial charge is 0.233 e. The molecule has 1 heterocycles. The standard InChI is InChI=1S/C12H19NO4/c1-7-3-8-9(4-7)11(16)13(10(8)15)5-12(2,17)6-14/h7-9,14,17H,3-6H2,1-2H3. The van der Waals surface area contributed by atoms with E-state index in [1.165, 1.54) is 6.92 Å². The van der Waals surface area contributed by atoms with Crippen molar-refractivity contribution in [3.8, 4) is 0 Å². The van der Waals surface area contributed by atoms with Crippen molar-refractivity contribution in [2.75, 3.05) is 13.2 Å². The first-order valence-electron chi connectivity index (χ1n) is 6.04. The largest absolute Gasteiger partial charge is 0.393 e. The van der Waals surface area contributed by atoms with E-state index in [0.717, 1.165) is 17.7 Å². The van der Waals surface area contributed by atoms with E-state index >= 15 is 0 Å². The Morgan fingerprint density at radius 3 is 2.18 bits per heavy atom. The minimum atomic E-state index is -1.41. The van der Waals surface area contributed by atoms with Crippen molar-refractivity contribution in [2.24, 2.45) is 17.8 Å². The van der Waals surface area contributed by atoms with Gasteiger partial charge in [-0.3, -0.25) is 14.5 Å². The molecule has 1 aliphatic carbocycles. The van der Waals surface area contributed by atoms with Gasteiger partial charge in [-0.15, -0.1) is 0 Å². The molecule has 2 rings (SSSR count). The fourth-order valence-electron chi connectivity index (χ4n) is 2.89. The maximum Gasteiger partial charge on any atom is 0.233 e. The number of hydrogen-bond donors (Lipinski definition) is 2. The topological polar surface area (TPSA) is 77.8 Å². The first-order valence-corrected chi connectivity index (χ1v) is 6.04. The van der Waals surface area contributed by atoms with Crippen molar-refractivity contribution in [1.82, 2.24) is 4.90 Å². The van der Waals surface area contributed by atoms with Gasteiger partial charge in [0.2, 0.25) is 11.8 Å². The second-order valence-electron chi connectivity index (χ2n) is 5.71. The van der Waals surface area contributed by atoms with Crippen LogP contribution in [0, 0.1) is 17.8 Å². The Labute approximate surface area is 100 Å². The van der Waals surface area contributed by atoms with Crippen LogP contribution in [0.15, 0.2) is 0 Å². The molecule has 0 aromatic carbocycles. The fraction of sp³-hybridized carbons (Fsp3) is 0.833. The van der Waals surface area contributed by atoms with Gasteiger partial charge in [0.25, 0.3) is 0 Å². The summed E-state index contributed by atoms with van der Waals surface area (Å²) in [6.45, 7) is 2.90. The molecule has 2 amide bonds. The number of carbonyl (C=O) groups excluding carboxylic acids is 2. The third-order valence-corrected chi connectivity index (χ3v) is 3.80.